The van der Waals surface area contributed by atoms with Gasteiger partial charge >= 0.3 is 5.97 Å². The predicted molar refractivity (Wildman–Crippen MR) is 207 cm³/mol. The van der Waals surface area contributed by atoms with Crippen molar-refractivity contribution < 1.29 is 144 Å². The van der Waals surface area contributed by atoms with E-state index in [1.54, 1.807) is 0 Å². The average molecular weight is 999 g/mol. The molecule has 5 aliphatic heterocycles. The molecule has 31 heteroatoms. The van der Waals surface area contributed by atoms with E-state index >= 15 is 0 Å². The van der Waals surface area contributed by atoms with E-state index in [4.69, 9.17) is 42.6 Å². The van der Waals surface area contributed by atoms with Crippen molar-refractivity contribution >= 4 is 17.8 Å². The van der Waals surface area contributed by atoms with Crippen molar-refractivity contribution in [3.05, 3.63) is 0 Å². The standard InChI is InChI=1S/C37H62N2O29/c1-9(44)38-17-11(46)3-37(36(58)59,68-30(17)19(48)12(47)4-40)60-8-16-20(49)23(52)26(55)34(64-16)65-28-15(7-43)63-33(18(22(28)51)39-10(2)45)67-31-21(50)13(5-41)62-35(27(31)56)66-29-14(6-42)61-32(57)25(54)24(29)53/h11-35,40-43,46-57H,3-8H2,1-2H3,(H,38,44)(H,39,45)(H,58,59)/t11-,12-,13+,14+,15+,16+,17+,18+,19-,20-,21-,22+,23-,24+,25+,26+,27+,28+,29+,30+,31-,32?,33-,34-,35-,37-/m0/s1. The van der Waals surface area contributed by atoms with Crippen LogP contribution >= 0.6 is 0 Å². The quantitative estimate of drug-likeness (QED) is 0.0606. The third-order valence-electron chi connectivity index (χ3n) is 12.1. The summed E-state index contributed by atoms with van der Waals surface area (Å²) in [6.45, 7) is -3.11. The Balaban J connectivity index is 1.35. The Kier molecular flexibility index (Phi) is 19.7. The van der Waals surface area contributed by atoms with Gasteiger partial charge in [0.05, 0.1) is 45.2 Å². The SMILES string of the molecule is CC(=O)N[C@H]1[C@H](O[C@H]2[C@@H](O)[C@@H](CO)O[C@@H](O[C@H]3[C@H](O)[C@@H](O)C(O)O[C@@H]3CO)[C@@H]2O)O[C@H](CO)[C@@H](O[C@@H]2O[C@H](CO[C@@]3(C(=O)O)C[C@H](O)[C@@H](NC(C)=O)[C@H]([C@@H](O)[C@@H](O)CO)O3)[C@H](O)[C@H](O)[C@H]2O)[C@@H]1O. The van der Waals surface area contributed by atoms with Gasteiger partial charge in [-0.05, 0) is 0 Å². The number of nitrogens with one attached hydrogen (secondary N) is 2. The average Bonchev–Trinajstić information content (AvgIpc) is 3.29. The number of rotatable bonds is 18. The Morgan fingerprint density at radius 2 is 1.10 bits per heavy atom. The van der Waals surface area contributed by atoms with Crippen LogP contribution in [0.15, 0.2) is 0 Å². The maximum atomic E-state index is 12.7. The second-order valence-corrected chi connectivity index (χ2v) is 16.9. The smallest absolute Gasteiger partial charge is 0.364 e. The summed E-state index contributed by atoms with van der Waals surface area (Å²) in [5.41, 5.74) is 0. The van der Waals surface area contributed by atoms with Gasteiger partial charge in [0.25, 0.3) is 5.79 Å². The van der Waals surface area contributed by atoms with Crippen LogP contribution in [-0.4, -0.2) is 297 Å². The molecule has 5 rings (SSSR count). The lowest BCUT2D eigenvalue weighted by molar-refractivity contribution is -0.381. The minimum atomic E-state index is -2.96. The minimum absolute atomic E-state index is 0.776. The number of carboxylic acids is 1. The van der Waals surface area contributed by atoms with E-state index in [9.17, 15) is 101 Å². The molecule has 5 fully saturated rings. The molecule has 0 aromatic carbocycles. The van der Waals surface area contributed by atoms with E-state index in [-0.39, 0.29) is 0 Å². The van der Waals surface area contributed by atoms with Crippen LogP contribution in [0.1, 0.15) is 20.3 Å². The molecule has 19 N–H and O–H groups in total. The minimum Gasteiger partial charge on any atom is -0.477 e. The monoisotopic (exact) mass is 998 g/mol. The van der Waals surface area contributed by atoms with Gasteiger partial charge in [-0.1, -0.05) is 0 Å². The molecule has 5 aliphatic rings. The fraction of sp³-hybridized carbons (Fsp3) is 0.919. The van der Waals surface area contributed by atoms with Gasteiger partial charge < -0.3 is 140 Å². The first kappa shape index (κ1) is 56.3. The van der Waals surface area contributed by atoms with E-state index in [0.717, 1.165) is 13.8 Å². The fourth-order valence-electron chi connectivity index (χ4n) is 8.43. The van der Waals surface area contributed by atoms with Crippen LogP contribution < -0.4 is 10.6 Å². The lowest BCUT2D eigenvalue weighted by Gasteiger charge is -2.50. The highest BCUT2D eigenvalue weighted by Crippen LogP contribution is 2.37. The van der Waals surface area contributed by atoms with E-state index in [1.807, 2.05) is 0 Å². The molecule has 68 heavy (non-hydrogen) atoms. The maximum Gasteiger partial charge on any atom is 0.364 e. The van der Waals surface area contributed by atoms with E-state index in [2.05, 4.69) is 10.6 Å². The largest absolute Gasteiger partial charge is 0.477 e. The van der Waals surface area contributed by atoms with Gasteiger partial charge in [-0.3, -0.25) is 9.59 Å². The number of amides is 2. The molecule has 0 saturated carbocycles. The number of carbonyl (C=O) groups excluding carboxylic acids is 2. The number of aliphatic carboxylic acids is 1. The van der Waals surface area contributed by atoms with Crippen LogP contribution in [0.25, 0.3) is 0 Å². The number of carboxylic acid groups (broad SMARTS) is 1. The lowest BCUT2D eigenvalue weighted by atomic mass is 9.88. The highest BCUT2D eigenvalue weighted by molar-refractivity contribution is 5.76. The summed E-state index contributed by atoms with van der Waals surface area (Å²) in [7, 11) is 0. The van der Waals surface area contributed by atoms with Gasteiger partial charge in [-0.15, -0.1) is 0 Å². The first-order valence-corrected chi connectivity index (χ1v) is 21.2. The number of hydrogen-bond acceptors (Lipinski definition) is 28. The van der Waals surface area contributed by atoms with Crippen molar-refractivity contribution in [1.82, 2.24) is 10.6 Å². The van der Waals surface area contributed by atoms with Gasteiger partial charge in [0.1, 0.15) is 116 Å². The summed E-state index contributed by atoms with van der Waals surface area (Å²) in [5, 5.41) is 184. The molecule has 0 aromatic heterocycles. The summed E-state index contributed by atoms with van der Waals surface area (Å²) in [5.74, 6) is -6.55. The summed E-state index contributed by atoms with van der Waals surface area (Å²) < 4.78 is 50.3. The molecule has 26 atom stereocenters. The topological polar surface area (TPSA) is 502 Å². The molecular formula is C37H62N2O29. The number of hydrogen-bond donors (Lipinski definition) is 19. The van der Waals surface area contributed by atoms with Crippen molar-refractivity contribution in [2.45, 2.75) is 179 Å². The van der Waals surface area contributed by atoms with Crippen molar-refractivity contribution in [3.8, 4) is 0 Å². The van der Waals surface area contributed by atoms with Gasteiger partial charge in [0.2, 0.25) is 11.8 Å². The molecule has 31 nitrogen and oxygen atoms in total. The number of carbonyl (C=O) groups is 3. The zero-order chi connectivity index (χ0) is 50.7. The van der Waals surface area contributed by atoms with Crippen molar-refractivity contribution in [1.29, 1.82) is 0 Å². The Labute approximate surface area is 384 Å². The van der Waals surface area contributed by atoms with Crippen LogP contribution in [0.5, 0.6) is 0 Å². The van der Waals surface area contributed by atoms with Crippen LogP contribution in [0.4, 0.5) is 0 Å². The third-order valence-corrected chi connectivity index (χ3v) is 12.1. The normalized spacial score (nSPS) is 46.6. The predicted octanol–water partition coefficient (Wildman–Crippen LogP) is -12.4. The van der Waals surface area contributed by atoms with Gasteiger partial charge in [-0.2, -0.15) is 0 Å². The summed E-state index contributed by atoms with van der Waals surface area (Å²) in [4.78, 5) is 37.1. The van der Waals surface area contributed by atoms with Crippen molar-refractivity contribution in [2.75, 3.05) is 33.0 Å². The Hall–Kier alpha value is -2.59. The zero-order valence-corrected chi connectivity index (χ0v) is 36.2. The summed E-state index contributed by atoms with van der Waals surface area (Å²) >= 11 is 0. The molecule has 0 aliphatic carbocycles. The van der Waals surface area contributed by atoms with Crippen LogP contribution in [0.2, 0.25) is 0 Å². The fourth-order valence-corrected chi connectivity index (χ4v) is 8.43. The van der Waals surface area contributed by atoms with E-state index in [1.165, 1.54) is 0 Å². The first-order valence-electron chi connectivity index (χ1n) is 21.2. The van der Waals surface area contributed by atoms with Crippen LogP contribution in [0.3, 0.4) is 0 Å². The molecule has 394 valence electrons. The number of ether oxygens (including phenoxy) is 9. The third kappa shape index (κ3) is 12.0. The van der Waals surface area contributed by atoms with Gasteiger partial charge in [0.15, 0.2) is 25.2 Å². The number of aliphatic hydroxyl groups is 16. The maximum absolute atomic E-state index is 12.7. The lowest BCUT2D eigenvalue weighted by Crippen LogP contribution is -2.70. The summed E-state index contributed by atoms with van der Waals surface area (Å²) in [6.07, 6.45) is -46.1. The molecular weight excluding hydrogens is 936 g/mol. The Morgan fingerprint density at radius 3 is 1.66 bits per heavy atom. The molecule has 5 saturated heterocycles. The second kappa shape index (κ2) is 23.8. The van der Waals surface area contributed by atoms with Gasteiger partial charge in [-0.25, -0.2) is 4.79 Å². The Morgan fingerprint density at radius 1 is 0.588 bits per heavy atom. The van der Waals surface area contributed by atoms with Crippen molar-refractivity contribution in [2.24, 2.45) is 0 Å². The highest BCUT2D eigenvalue weighted by atomic mass is 16.8. The summed E-state index contributed by atoms with van der Waals surface area (Å²) in [6, 6.07) is -3.37. The van der Waals surface area contributed by atoms with Crippen LogP contribution in [-0.2, 0) is 57.0 Å². The van der Waals surface area contributed by atoms with E-state index in [0.29, 0.717) is 0 Å². The van der Waals surface area contributed by atoms with Gasteiger partial charge in [0, 0.05) is 20.3 Å². The Bertz CT molecular complexity index is 1660. The molecule has 5 heterocycles. The molecule has 0 bridgehead atoms. The van der Waals surface area contributed by atoms with E-state index < -0.39 is 216 Å². The molecule has 2 amide bonds. The molecule has 1 unspecified atom stereocenters. The molecule has 0 spiro atoms. The molecule has 0 radical (unpaired) electrons. The first-order chi connectivity index (χ1) is 31.9. The highest BCUT2D eigenvalue weighted by Gasteiger charge is 2.59. The van der Waals surface area contributed by atoms with Crippen LogP contribution in [0, 0.1) is 0 Å². The molecule has 0 aromatic rings. The zero-order valence-electron chi connectivity index (χ0n) is 36.2. The van der Waals surface area contributed by atoms with Crippen molar-refractivity contribution in [3.63, 3.8) is 0 Å². The second-order valence-electron chi connectivity index (χ2n) is 16.9. The number of aliphatic hydroxyl groups excluding tert-OH is 16.